The predicted octanol–water partition coefficient (Wildman–Crippen LogP) is 4.42. The Bertz CT molecular complexity index is 897. The molecule has 2 rings (SSSR count). The van der Waals surface area contributed by atoms with E-state index in [1.165, 1.54) is 24.8 Å². The molecule has 0 aromatic heterocycles. The Morgan fingerprint density at radius 2 is 1.83 bits per heavy atom. The molecule has 7 nitrogen and oxygen atoms in total. The second kappa shape index (κ2) is 9.97. The number of benzene rings is 2. The van der Waals surface area contributed by atoms with Gasteiger partial charge in [-0.15, -0.1) is 0 Å². The first kappa shape index (κ1) is 22.3. The van der Waals surface area contributed by atoms with Crippen LogP contribution in [-0.4, -0.2) is 23.1 Å². The molecular weight excluding hydrogens is 390 g/mol. The van der Waals surface area contributed by atoms with Crippen molar-refractivity contribution in [1.82, 2.24) is 5.32 Å². The quantitative estimate of drug-likeness (QED) is 0.395. The molecule has 0 spiro atoms. The van der Waals surface area contributed by atoms with E-state index < -0.39 is 10.8 Å². The van der Waals surface area contributed by atoms with Crippen LogP contribution >= 0.6 is 12.2 Å². The first-order valence-electron chi connectivity index (χ1n) is 9.24. The minimum atomic E-state index is -0.545. The fraction of sp³-hybridized carbons (Fsp3) is 0.333. The lowest BCUT2D eigenvalue weighted by atomic mass is 9.96. The monoisotopic (exact) mass is 415 g/mol. The number of methoxy groups -OCH3 is 1. The largest absolute Gasteiger partial charge is 0.496 e. The van der Waals surface area contributed by atoms with Crippen LogP contribution in [0.1, 0.15) is 37.8 Å². The summed E-state index contributed by atoms with van der Waals surface area (Å²) in [5, 5.41) is 16.6. The Morgan fingerprint density at radius 1 is 1.17 bits per heavy atom. The number of hydrogen-bond donors (Lipinski definition) is 2. The molecule has 0 saturated heterocycles. The Morgan fingerprint density at radius 3 is 2.38 bits per heavy atom. The molecule has 2 N–H and O–H groups in total. The van der Waals surface area contributed by atoms with Gasteiger partial charge in [0.1, 0.15) is 11.4 Å². The van der Waals surface area contributed by atoms with Gasteiger partial charge in [0.25, 0.3) is 5.69 Å². The number of thiocarbonyl (C=S) groups is 1. The molecule has 0 fully saturated rings. The van der Waals surface area contributed by atoms with Crippen molar-refractivity contribution in [2.24, 2.45) is 5.92 Å². The summed E-state index contributed by atoms with van der Waals surface area (Å²) < 4.78 is 5.00. The number of nitro benzene ring substituents is 1. The average molecular weight is 416 g/mol. The summed E-state index contributed by atoms with van der Waals surface area (Å²) in [6.07, 6.45) is 0.982. The van der Waals surface area contributed by atoms with Crippen molar-refractivity contribution in [2.75, 3.05) is 12.4 Å². The normalized spacial score (nSPS) is 11.6. The zero-order chi connectivity index (χ0) is 21.6. The minimum absolute atomic E-state index is 0.00783. The molecule has 0 aliphatic heterocycles. The lowest BCUT2D eigenvalue weighted by molar-refractivity contribution is -0.384. The van der Waals surface area contributed by atoms with Crippen molar-refractivity contribution in [3.05, 3.63) is 63.7 Å². The molecule has 1 amide bonds. The molecule has 0 radical (unpaired) electrons. The van der Waals surface area contributed by atoms with Gasteiger partial charge in [-0.3, -0.25) is 14.9 Å². The van der Waals surface area contributed by atoms with Crippen LogP contribution in [0.25, 0.3) is 0 Å². The number of nitrogens with one attached hydrogen (secondary N) is 2. The lowest BCUT2D eigenvalue weighted by Gasteiger charge is -2.15. The Hall–Kier alpha value is -3.00. The maximum absolute atomic E-state index is 12.5. The van der Waals surface area contributed by atoms with Crippen molar-refractivity contribution < 1.29 is 14.5 Å². The molecule has 0 aliphatic carbocycles. The third-order valence-electron chi connectivity index (χ3n) is 4.40. The van der Waals surface area contributed by atoms with Crippen molar-refractivity contribution >= 4 is 34.6 Å². The fourth-order valence-corrected chi connectivity index (χ4v) is 3.04. The lowest BCUT2D eigenvalue weighted by Crippen LogP contribution is -2.36. The van der Waals surface area contributed by atoms with Gasteiger partial charge >= 0.3 is 0 Å². The molecule has 2 aromatic rings. The first-order valence-corrected chi connectivity index (χ1v) is 9.65. The third-order valence-corrected chi connectivity index (χ3v) is 4.61. The molecule has 29 heavy (non-hydrogen) atoms. The van der Waals surface area contributed by atoms with E-state index in [2.05, 4.69) is 24.5 Å². The smallest absolute Gasteiger partial charge is 0.296 e. The minimum Gasteiger partial charge on any atom is -0.496 e. The number of anilines is 1. The Kier molecular flexibility index (Phi) is 7.67. The van der Waals surface area contributed by atoms with Crippen LogP contribution < -0.4 is 15.4 Å². The summed E-state index contributed by atoms with van der Waals surface area (Å²) >= 11 is 5.16. The number of amides is 1. The maximum Gasteiger partial charge on any atom is 0.296 e. The number of ether oxygens (including phenoxy) is 1. The third kappa shape index (κ3) is 6.25. The van der Waals surface area contributed by atoms with Crippen LogP contribution in [0.4, 0.5) is 11.4 Å². The van der Waals surface area contributed by atoms with E-state index in [0.717, 1.165) is 12.0 Å². The molecule has 0 saturated carbocycles. The zero-order valence-corrected chi connectivity index (χ0v) is 17.7. The summed E-state index contributed by atoms with van der Waals surface area (Å²) in [7, 11) is 1.42. The highest BCUT2D eigenvalue weighted by Gasteiger charge is 2.19. The predicted molar refractivity (Wildman–Crippen MR) is 117 cm³/mol. The van der Waals surface area contributed by atoms with Crippen LogP contribution in [0.2, 0.25) is 0 Å². The second-order valence-electron chi connectivity index (χ2n) is 7.14. The molecule has 1 atom stereocenters. The molecule has 0 bridgehead atoms. The zero-order valence-electron chi connectivity index (χ0n) is 16.9. The highest BCUT2D eigenvalue weighted by Crippen LogP contribution is 2.29. The van der Waals surface area contributed by atoms with Crippen LogP contribution in [0, 0.1) is 16.0 Å². The summed E-state index contributed by atoms with van der Waals surface area (Å²) in [5.41, 5.74) is 2.06. The summed E-state index contributed by atoms with van der Waals surface area (Å²) in [6.45, 7) is 6.10. The molecular formula is C21H25N3O4S. The van der Waals surface area contributed by atoms with Crippen LogP contribution in [0.15, 0.2) is 42.5 Å². The summed E-state index contributed by atoms with van der Waals surface area (Å²) in [6, 6.07) is 12.3. The van der Waals surface area contributed by atoms with Crippen molar-refractivity contribution in [2.45, 2.75) is 33.1 Å². The first-order chi connectivity index (χ1) is 13.7. The molecule has 2 aromatic carbocycles. The van der Waals surface area contributed by atoms with Gasteiger partial charge in [0.05, 0.1) is 24.0 Å². The van der Waals surface area contributed by atoms with E-state index in [4.69, 9.17) is 17.0 Å². The Balaban J connectivity index is 2.03. The number of hydrogen-bond acceptors (Lipinski definition) is 5. The van der Waals surface area contributed by atoms with E-state index in [9.17, 15) is 14.9 Å². The highest BCUT2D eigenvalue weighted by atomic mass is 32.1. The number of rotatable bonds is 7. The second-order valence-corrected chi connectivity index (χ2v) is 7.55. The van der Waals surface area contributed by atoms with E-state index in [0.29, 0.717) is 11.7 Å². The molecule has 0 aliphatic rings. The maximum atomic E-state index is 12.5. The summed E-state index contributed by atoms with van der Waals surface area (Å²) in [5.74, 6) is 0.197. The standard InChI is InChI=1S/C21H25N3O4S/c1-13(2)11-15-5-7-16(8-6-15)14(3)20(25)23-21(29)22-18-10-9-17(28-4)12-19(18)24(26)27/h5-10,12-14H,11H2,1-4H3,(H2,22,23,25,29). The number of nitro groups is 1. The van der Waals surface area contributed by atoms with Crippen molar-refractivity contribution in [1.29, 1.82) is 0 Å². The van der Waals surface area contributed by atoms with Crippen molar-refractivity contribution in [3.63, 3.8) is 0 Å². The average Bonchev–Trinajstić information content (AvgIpc) is 2.67. The van der Waals surface area contributed by atoms with E-state index in [1.54, 1.807) is 13.0 Å². The summed E-state index contributed by atoms with van der Waals surface area (Å²) in [4.78, 5) is 23.2. The van der Waals surface area contributed by atoms with Crippen LogP contribution in [0.5, 0.6) is 5.75 Å². The van der Waals surface area contributed by atoms with E-state index in [-0.39, 0.29) is 22.4 Å². The number of carbonyl (C=O) groups is 1. The number of nitrogens with zero attached hydrogens (tertiary/aromatic N) is 1. The number of carbonyl (C=O) groups excluding carboxylic acids is 1. The molecule has 8 heteroatoms. The van der Waals surface area contributed by atoms with Crippen molar-refractivity contribution in [3.8, 4) is 5.75 Å². The Labute approximate surface area is 175 Å². The molecule has 1 unspecified atom stereocenters. The van der Waals surface area contributed by atoms with E-state index in [1.807, 2.05) is 24.3 Å². The topological polar surface area (TPSA) is 93.5 Å². The van der Waals surface area contributed by atoms with Gasteiger partial charge in [0.15, 0.2) is 5.11 Å². The van der Waals surface area contributed by atoms with Crippen LogP contribution in [0.3, 0.4) is 0 Å². The SMILES string of the molecule is COc1ccc(NC(=S)NC(=O)C(C)c2ccc(CC(C)C)cc2)c([N+](=O)[O-])c1. The van der Waals surface area contributed by atoms with Gasteiger partial charge in [-0.2, -0.15) is 0 Å². The molecule has 154 valence electrons. The van der Waals surface area contributed by atoms with Gasteiger partial charge in [0.2, 0.25) is 5.91 Å². The van der Waals surface area contributed by atoms with Gasteiger partial charge in [0, 0.05) is 0 Å². The fourth-order valence-electron chi connectivity index (χ4n) is 2.83. The van der Waals surface area contributed by atoms with E-state index >= 15 is 0 Å². The van der Waals surface area contributed by atoms with Gasteiger partial charge in [-0.05, 0) is 54.7 Å². The highest BCUT2D eigenvalue weighted by molar-refractivity contribution is 7.80. The molecule has 0 heterocycles. The van der Waals surface area contributed by atoms with Gasteiger partial charge in [-0.1, -0.05) is 38.1 Å². The van der Waals surface area contributed by atoms with Gasteiger partial charge < -0.3 is 15.4 Å². The van der Waals surface area contributed by atoms with Crippen LogP contribution in [-0.2, 0) is 11.2 Å². The van der Waals surface area contributed by atoms with Gasteiger partial charge in [-0.25, -0.2) is 0 Å².